The van der Waals surface area contributed by atoms with Crippen molar-refractivity contribution in [3.63, 3.8) is 0 Å². The molecule has 0 bridgehead atoms. The van der Waals surface area contributed by atoms with Gasteiger partial charge >= 0.3 is 0 Å². The van der Waals surface area contributed by atoms with E-state index in [1.807, 2.05) is 37.3 Å². The van der Waals surface area contributed by atoms with Crippen LogP contribution in [0.4, 0.5) is 0 Å². The van der Waals surface area contributed by atoms with Crippen molar-refractivity contribution < 1.29 is 0 Å². The van der Waals surface area contributed by atoms with E-state index in [4.69, 9.17) is 0 Å². The predicted octanol–water partition coefficient (Wildman–Crippen LogP) is 4.24. The molecule has 2 aromatic heterocycles. The molecule has 1 N–H and O–H groups in total. The second-order valence-electron chi connectivity index (χ2n) is 4.55. The van der Waals surface area contributed by atoms with Gasteiger partial charge < -0.3 is 4.98 Å². The Morgan fingerprint density at radius 1 is 1.38 bits per heavy atom. The number of thioether (sulfide) groups is 1. The minimum Gasteiger partial charge on any atom is -0.301 e. The molecule has 0 aliphatic rings. The Morgan fingerprint density at radius 3 is 2.86 bits per heavy atom. The van der Waals surface area contributed by atoms with Crippen LogP contribution in [0.3, 0.4) is 0 Å². The monoisotopic (exact) mass is 314 g/mol. The fourth-order valence-corrected chi connectivity index (χ4v) is 3.96. The fraction of sp³-hybridized carbons (Fsp3) is 0.125. The molecule has 0 amide bonds. The summed E-state index contributed by atoms with van der Waals surface area (Å²) >= 11 is 3.05. The highest BCUT2D eigenvalue weighted by Gasteiger charge is 2.16. The molecule has 0 fully saturated rings. The lowest BCUT2D eigenvalue weighted by molar-refractivity contribution is 0.982. The number of hydrogen-bond acceptors (Lipinski definition) is 4. The maximum atomic E-state index is 12.4. The molecule has 0 unspecified atom stereocenters. The second kappa shape index (κ2) is 5.87. The van der Waals surface area contributed by atoms with Gasteiger partial charge in [-0.05, 0) is 12.5 Å². The third kappa shape index (κ3) is 2.66. The van der Waals surface area contributed by atoms with E-state index in [0.717, 1.165) is 26.6 Å². The van der Waals surface area contributed by atoms with Gasteiger partial charge in [-0.25, -0.2) is 4.98 Å². The molecule has 0 aliphatic carbocycles. The zero-order valence-corrected chi connectivity index (χ0v) is 13.2. The van der Waals surface area contributed by atoms with Crippen molar-refractivity contribution in [1.82, 2.24) is 9.97 Å². The molecule has 0 spiro atoms. The lowest BCUT2D eigenvalue weighted by atomic mass is 10.0. The first-order chi connectivity index (χ1) is 10.2. The van der Waals surface area contributed by atoms with Crippen molar-refractivity contribution in [2.75, 3.05) is 5.75 Å². The SMILES string of the molecule is C=CCSc1nc2sc(C)c(-c3ccccc3)c2c(=O)[nH]1. The Kier molecular flexibility index (Phi) is 3.94. The maximum absolute atomic E-state index is 12.4. The molecule has 1 aromatic carbocycles. The molecule has 2 heterocycles. The number of hydrogen-bond donors (Lipinski definition) is 1. The van der Waals surface area contributed by atoms with Crippen molar-refractivity contribution in [2.45, 2.75) is 12.1 Å². The Labute approximate surface area is 130 Å². The van der Waals surface area contributed by atoms with Gasteiger partial charge in [0.2, 0.25) is 0 Å². The van der Waals surface area contributed by atoms with Gasteiger partial charge in [0.05, 0.1) is 5.39 Å². The maximum Gasteiger partial charge on any atom is 0.260 e. The number of aromatic amines is 1. The van der Waals surface area contributed by atoms with E-state index in [2.05, 4.69) is 16.5 Å². The number of aromatic nitrogens is 2. The molecule has 3 aromatic rings. The highest BCUT2D eigenvalue weighted by molar-refractivity contribution is 7.99. The Balaban J connectivity index is 2.21. The molecule has 3 nitrogen and oxygen atoms in total. The lowest BCUT2D eigenvalue weighted by Gasteiger charge is -2.02. The second-order valence-corrected chi connectivity index (χ2v) is 6.76. The van der Waals surface area contributed by atoms with Crippen LogP contribution in [-0.4, -0.2) is 15.7 Å². The summed E-state index contributed by atoms with van der Waals surface area (Å²) in [7, 11) is 0. The first-order valence-corrected chi connectivity index (χ1v) is 8.33. The van der Waals surface area contributed by atoms with Crippen molar-refractivity contribution in [2.24, 2.45) is 0 Å². The summed E-state index contributed by atoms with van der Waals surface area (Å²) in [5.74, 6) is 0.727. The summed E-state index contributed by atoms with van der Waals surface area (Å²) < 4.78 is 0. The largest absolute Gasteiger partial charge is 0.301 e. The highest BCUT2D eigenvalue weighted by Crippen LogP contribution is 2.35. The summed E-state index contributed by atoms with van der Waals surface area (Å²) in [5, 5.41) is 1.33. The molecule has 0 radical (unpaired) electrons. The minimum atomic E-state index is -0.0743. The Bertz CT molecular complexity index is 850. The third-order valence-corrected chi connectivity index (χ3v) is 4.98. The van der Waals surface area contributed by atoms with Gasteiger partial charge in [-0.15, -0.1) is 17.9 Å². The summed E-state index contributed by atoms with van der Waals surface area (Å²) in [6, 6.07) is 9.98. The van der Waals surface area contributed by atoms with Gasteiger partial charge in [0.25, 0.3) is 5.56 Å². The number of H-pyrrole nitrogens is 1. The number of nitrogens with one attached hydrogen (secondary N) is 1. The quantitative estimate of drug-likeness (QED) is 0.445. The van der Waals surface area contributed by atoms with Crippen LogP contribution in [0, 0.1) is 6.92 Å². The van der Waals surface area contributed by atoms with E-state index >= 15 is 0 Å². The van der Waals surface area contributed by atoms with Crippen molar-refractivity contribution >= 4 is 33.3 Å². The van der Waals surface area contributed by atoms with E-state index in [9.17, 15) is 4.79 Å². The summed E-state index contributed by atoms with van der Waals surface area (Å²) in [4.78, 5) is 21.8. The standard InChI is InChI=1S/C16H14N2OS2/c1-3-9-20-16-17-14(19)13-12(10(2)21-15(13)18-16)11-7-5-4-6-8-11/h3-8H,1,9H2,2H3,(H,17,18,19). The van der Waals surface area contributed by atoms with Crippen LogP contribution in [-0.2, 0) is 0 Å². The van der Waals surface area contributed by atoms with E-state index in [0.29, 0.717) is 10.5 Å². The van der Waals surface area contributed by atoms with Gasteiger partial charge in [-0.3, -0.25) is 4.79 Å². The predicted molar refractivity (Wildman–Crippen MR) is 91.3 cm³/mol. The molecule has 0 saturated heterocycles. The van der Waals surface area contributed by atoms with E-state index in [1.165, 1.54) is 11.8 Å². The van der Waals surface area contributed by atoms with Crippen molar-refractivity contribution in [1.29, 1.82) is 0 Å². The number of aryl methyl sites for hydroxylation is 1. The number of rotatable bonds is 4. The van der Waals surface area contributed by atoms with E-state index in [1.54, 1.807) is 17.4 Å². The number of benzene rings is 1. The number of thiophene rings is 1. The summed E-state index contributed by atoms with van der Waals surface area (Å²) in [5.41, 5.74) is 1.97. The average Bonchev–Trinajstić information content (AvgIpc) is 2.82. The molecule has 106 valence electrons. The van der Waals surface area contributed by atoms with Crippen LogP contribution >= 0.6 is 23.1 Å². The topological polar surface area (TPSA) is 45.8 Å². The average molecular weight is 314 g/mol. The number of nitrogens with zero attached hydrogens (tertiary/aromatic N) is 1. The highest BCUT2D eigenvalue weighted by atomic mass is 32.2. The van der Waals surface area contributed by atoms with Crippen LogP contribution < -0.4 is 5.56 Å². The van der Waals surface area contributed by atoms with E-state index < -0.39 is 0 Å². The molecule has 0 atom stereocenters. The first kappa shape index (κ1) is 14.1. The number of fused-ring (bicyclic) bond motifs is 1. The van der Waals surface area contributed by atoms with E-state index in [-0.39, 0.29) is 5.56 Å². The Morgan fingerprint density at radius 2 is 2.14 bits per heavy atom. The van der Waals surface area contributed by atoms with Crippen LogP contribution in [0.2, 0.25) is 0 Å². The summed E-state index contributed by atoms with van der Waals surface area (Å²) in [6.07, 6.45) is 1.80. The summed E-state index contributed by atoms with van der Waals surface area (Å²) in [6.45, 7) is 5.71. The fourth-order valence-electron chi connectivity index (χ4n) is 2.26. The zero-order valence-electron chi connectivity index (χ0n) is 11.6. The van der Waals surface area contributed by atoms with Crippen LogP contribution in [0.1, 0.15) is 4.88 Å². The molecular weight excluding hydrogens is 300 g/mol. The van der Waals surface area contributed by atoms with Gasteiger partial charge in [0, 0.05) is 16.2 Å². The van der Waals surface area contributed by atoms with Crippen molar-refractivity contribution in [3.05, 3.63) is 58.2 Å². The molecule has 0 saturated carbocycles. The minimum absolute atomic E-state index is 0.0743. The molecular formula is C16H14N2OS2. The smallest absolute Gasteiger partial charge is 0.260 e. The van der Waals surface area contributed by atoms with Gasteiger partial charge in [-0.2, -0.15) is 0 Å². The molecule has 21 heavy (non-hydrogen) atoms. The van der Waals surface area contributed by atoms with Gasteiger partial charge in [0.15, 0.2) is 5.16 Å². The van der Waals surface area contributed by atoms with Crippen LogP contribution in [0.15, 0.2) is 52.9 Å². The Hall–Kier alpha value is -1.85. The van der Waals surface area contributed by atoms with Crippen molar-refractivity contribution in [3.8, 4) is 11.1 Å². The lowest BCUT2D eigenvalue weighted by Crippen LogP contribution is -2.08. The molecule has 5 heteroatoms. The zero-order chi connectivity index (χ0) is 14.8. The van der Waals surface area contributed by atoms with Crippen LogP contribution in [0.5, 0.6) is 0 Å². The van der Waals surface area contributed by atoms with Gasteiger partial charge in [0.1, 0.15) is 4.83 Å². The normalized spacial score (nSPS) is 10.9. The first-order valence-electron chi connectivity index (χ1n) is 6.53. The molecule has 3 rings (SSSR count). The third-order valence-electron chi connectivity index (χ3n) is 3.12. The van der Waals surface area contributed by atoms with Gasteiger partial charge in [-0.1, -0.05) is 48.2 Å². The molecule has 0 aliphatic heterocycles. The van der Waals surface area contributed by atoms with Crippen LogP contribution in [0.25, 0.3) is 21.3 Å².